The van der Waals surface area contributed by atoms with E-state index in [1.165, 1.54) is 16.7 Å². The molecule has 1 unspecified atom stereocenters. The molecule has 0 amide bonds. The van der Waals surface area contributed by atoms with Gasteiger partial charge in [-0.05, 0) is 42.8 Å². The van der Waals surface area contributed by atoms with Gasteiger partial charge in [0.05, 0.1) is 6.04 Å². The Morgan fingerprint density at radius 2 is 1.65 bits per heavy atom. The molecule has 2 aromatic rings. The first-order valence-corrected chi connectivity index (χ1v) is 6.08. The highest BCUT2D eigenvalue weighted by Crippen LogP contribution is 2.25. The Hall–Kier alpha value is -1.31. The van der Waals surface area contributed by atoms with Gasteiger partial charge in [0.15, 0.2) is 0 Å². The molecule has 1 nitrogen and oxygen atoms in total. The van der Waals surface area contributed by atoms with Crippen molar-refractivity contribution in [2.75, 3.05) is 7.05 Å². The van der Waals surface area contributed by atoms with Crippen molar-refractivity contribution >= 4 is 11.6 Å². The maximum atomic E-state index is 5.92. The van der Waals surface area contributed by atoms with Gasteiger partial charge < -0.3 is 5.32 Å². The normalized spacial score (nSPS) is 12.4. The molecule has 0 spiro atoms. The highest BCUT2D eigenvalue weighted by molar-refractivity contribution is 6.30. The van der Waals surface area contributed by atoms with Crippen LogP contribution in [0.5, 0.6) is 0 Å². The van der Waals surface area contributed by atoms with Crippen molar-refractivity contribution in [3.63, 3.8) is 0 Å². The van der Waals surface area contributed by atoms with Crippen LogP contribution < -0.4 is 5.32 Å². The van der Waals surface area contributed by atoms with Gasteiger partial charge in [-0.15, -0.1) is 0 Å². The number of nitrogens with one attached hydrogen (secondary N) is 1. The van der Waals surface area contributed by atoms with Crippen LogP contribution in [-0.4, -0.2) is 7.05 Å². The number of benzene rings is 2. The summed E-state index contributed by atoms with van der Waals surface area (Å²) < 4.78 is 0. The summed E-state index contributed by atoms with van der Waals surface area (Å²) in [7, 11) is 1.98. The number of halogens is 1. The minimum atomic E-state index is 0.216. The molecule has 2 heteroatoms. The zero-order chi connectivity index (χ0) is 12.3. The Labute approximate surface area is 107 Å². The Morgan fingerprint density at radius 3 is 2.24 bits per heavy atom. The summed E-state index contributed by atoms with van der Waals surface area (Å²) in [6, 6.07) is 16.6. The largest absolute Gasteiger partial charge is 0.309 e. The second-order valence-electron chi connectivity index (χ2n) is 4.13. The Kier molecular flexibility index (Phi) is 3.82. The summed E-state index contributed by atoms with van der Waals surface area (Å²) in [6.45, 7) is 2.13. The topological polar surface area (TPSA) is 12.0 Å². The lowest BCUT2D eigenvalue weighted by Gasteiger charge is -2.19. The summed E-state index contributed by atoms with van der Waals surface area (Å²) in [5.41, 5.74) is 3.82. The Bertz CT molecular complexity index is 491. The van der Waals surface area contributed by atoms with E-state index in [1.54, 1.807) is 0 Å². The molecule has 0 saturated heterocycles. The summed E-state index contributed by atoms with van der Waals surface area (Å²) in [5.74, 6) is 0. The summed E-state index contributed by atoms with van der Waals surface area (Å²) in [4.78, 5) is 0. The molecule has 88 valence electrons. The Morgan fingerprint density at radius 1 is 1.00 bits per heavy atom. The minimum Gasteiger partial charge on any atom is -0.309 e. The van der Waals surface area contributed by atoms with Gasteiger partial charge >= 0.3 is 0 Å². The van der Waals surface area contributed by atoms with Crippen LogP contribution in [-0.2, 0) is 0 Å². The molecule has 17 heavy (non-hydrogen) atoms. The van der Waals surface area contributed by atoms with Crippen molar-refractivity contribution in [3.05, 3.63) is 70.2 Å². The third-order valence-electron chi connectivity index (χ3n) is 2.99. The highest BCUT2D eigenvalue weighted by atomic mass is 35.5. The van der Waals surface area contributed by atoms with Gasteiger partial charge in [-0.1, -0.05) is 48.0 Å². The molecule has 0 heterocycles. The van der Waals surface area contributed by atoms with E-state index in [2.05, 4.69) is 48.6 Å². The molecule has 0 aliphatic rings. The fourth-order valence-electron chi connectivity index (χ4n) is 2.07. The van der Waals surface area contributed by atoms with Gasteiger partial charge in [0.1, 0.15) is 0 Å². The quantitative estimate of drug-likeness (QED) is 0.863. The van der Waals surface area contributed by atoms with E-state index in [9.17, 15) is 0 Å². The SMILES string of the molecule is CNC(c1ccc(Cl)cc1)c1ccccc1C. The van der Waals surface area contributed by atoms with E-state index in [1.807, 2.05) is 19.2 Å². The van der Waals surface area contributed by atoms with Gasteiger partial charge in [0.25, 0.3) is 0 Å². The molecule has 0 aliphatic heterocycles. The van der Waals surface area contributed by atoms with Crippen molar-refractivity contribution in [3.8, 4) is 0 Å². The molecule has 0 aliphatic carbocycles. The van der Waals surface area contributed by atoms with E-state index >= 15 is 0 Å². The first-order valence-electron chi connectivity index (χ1n) is 5.70. The standard InChI is InChI=1S/C15H16ClN/c1-11-5-3-4-6-14(11)15(17-2)12-7-9-13(16)10-8-12/h3-10,15,17H,1-2H3. The van der Waals surface area contributed by atoms with Crippen LogP contribution >= 0.6 is 11.6 Å². The van der Waals surface area contributed by atoms with Crippen LogP contribution in [0, 0.1) is 6.92 Å². The highest BCUT2D eigenvalue weighted by Gasteiger charge is 2.13. The lowest BCUT2D eigenvalue weighted by atomic mass is 9.95. The van der Waals surface area contributed by atoms with E-state index in [0.29, 0.717) is 0 Å². The smallest absolute Gasteiger partial charge is 0.0576 e. The predicted octanol–water partition coefficient (Wildman–Crippen LogP) is 3.96. The zero-order valence-corrected chi connectivity index (χ0v) is 10.8. The minimum absolute atomic E-state index is 0.216. The summed E-state index contributed by atoms with van der Waals surface area (Å²) in [6.07, 6.45) is 0. The van der Waals surface area contributed by atoms with Crippen LogP contribution in [0.1, 0.15) is 22.7 Å². The van der Waals surface area contributed by atoms with E-state index in [-0.39, 0.29) is 6.04 Å². The third-order valence-corrected chi connectivity index (χ3v) is 3.24. The molecule has 0 fully saturated rings. The number of rotatable bonds is 3. The fourth-order valence-corrected chi connectivity index (χ4v) is 2.19. The van der Waals surface area contributed by atoms with Crippen LogP contribution in [0.2, 0.25) is 5.02 Å². The van der Waals surface area contributed by atoms with Crippen LogP contribution in [0.3, 0.4) is 0 Å². The summed E-state index contributed by atoms with van der Waals surface area (Å²) >= 11 is 5.92. The lowest BCUT2D eigenvalue weighted by molar-refractivity contribution is 0.687. The van der Waals surface area contributed by atoms with Crippen LogP contribution in [0.25, 0.3) is 0 Å². The Balaban J connectivity index is 2.40. The third kappa shape index (κ3) is 2.68. The van der Waals surface area contributed by atoms with E-state index in [4.69, 9.17) is 11.6 Å². The number of hydrogen-bond acceptors (Lipinski definition) is 1. The average Bonchev–Trinajstić information content (AvgIpc) is 2.35. The van der Waals surface area contributed by atoms with Gasteiger partial charge in [-0.3, -0.25) is 0 Å². The van der Waals surface area contributed by atoms with Crippen molar-refractivity contribution in [2.24, 2.45) is 0 Å². The van der Waals surface area contributed by atoms with Crippen molar-refractivity contribution in [1.82, 2.24) is 5.32 Å². The first-order chi connectivity index (χ1) is 8.22. The monoisotopic (exact) mass is 245 g/mol. The zero-order valence-electron chi connectivity index (χ0n) is 10.1. The first kappa shape index (κ1) is 12.2. The van der Waals surface area contributed by atoms with E-state index < -0.39 is 0 Å². The van der Waals surface area contributed by atoms with Crippen LogP contribution in [0.4, 0.5) is 0 Å². The van der Waals surface area contributed by atoms with Crippen molar-refractivity contribution < 1.29 is 0 Å². The molecule has 1 N–H and O–H groups in total. The molecular weight excluding hydrogens is 230 g/mol. The van der Waals surface area contributed by atoms with Gasteiger partial charge in [0, 0.05) is 5.02 Å². The van der Waals surface area contributed by atoms with Gasteiger partial charge in [0.2, 0.25) is 0 Å². The molecule has 2 aromatic carbocycles. The summed E-state index contributed by atoms with van der Waals surface area (Å²) in [5, 5.41) is 4.12. The fraction of sp³-hybridized carbons (Fsp3) is 0.200. The molecule has 0 aromatic heterocycles. The molecular formula is C15H16ClN. The van der Waals surface area contributed by atoms with E-state index in [0.717, 1.165) is 5.02 Å². The maximum Gasteiger partial charge on any atom is 0.0576 e. The second kappa shape index (κ2) is 5.35. The second-order valence-corrected chi connectivity index (χ2v) is 4.57. The molecule has 0 saturated carbocycles. The number of aryl methyl sites for hydroxylation is 1. The molecule has 1 atom stereocenters. The molecule has 2 rings (SSSR count). The van der Waals surface area contributed by atoms with Crippen molar-refractivity contribution in [2.45, 2.75) is 13.0 Å². The lowest BCUT2D eigenvalue weighted by Crippen LogP contribution is -2.18. The maximum absolute atomic E-state index is 5.92. The van der Waals surface area contributed by atoms with Crippen molar-refractivity contribution in [1.29, 1.82) is 0 Å². The van der Waals surface area contributed by atoms with Gasteiger partial charge in [-0.2, -0.15) is 0 Å². The number of hydrogen-bond donors (Lipinski definition) is 1. The molecule has 0 radical (unpaired) electrons. The predicted molar refractivity (Wildman–Crippen MR) is 73.5 cm³/mol. The van der Waals surface area contributed by atoms with Crippen LogP contribution in [0.15, 0.2) is 48.5 Å². The molecule has 0 bridgehead atoms. The average molecular weight is 246 g/mol. The van der Waals surface area contributed by atoms with Gasteiger partial charge in [-0.25, -0.2) is 0 Å².